The molecule has 1 saturated heterocycles. The standard InChI is InChI=1S/C22H22N2O3/c1-14-4-2-3-5-17(14)19-11-21(25)27-20-10-16(6-7-18(19)20)22(26)24-9-8-15(12-23)13-24/h2-7,10-11,15H,8-9,12-13,23H2,1H3/t15-/m1/s1. The zero-order chi connectivity index (χ0) is 19.0. The second-order valence-electron chi connectivity index (χ2n) is 7.15. The maximum Gasteiger partial charge on any atom is 0.336 e. The fourth-order valence-corrected chi connectivity index (χ4v) is 3.79. The smallest absolute Gasteiger partial charge is 0.336 e. The maximum atomic E-state index is 12.8. The molecule has 0 bridgehead atoms. The Kier molecular flexibility index (Phi) is 4.54. The van der Waals surface area contributed by atoms with Crippen LogP contribution < -0.4 is 11.4 Å². The highest BCUT2D eigenvalue weighted by Gasteiger charge is 2.26. The molecular formula is C22H22N2O3. The van der Waals surface area contributed by atoms with Gasteiger partial charge in [0, 0.05) is 35.7 Å². The van der Waals surface area contributed by atoms with Crippen LogP contribution in [-0.2, 0) is 0 Å². The van der Waals surface area contributed by atoms with Gasteiger partial charge in [0.1, 0.15) is 5.58 Å². The highest BCUT2D eigenvalue weighted by Crippen LogP contribution is 2.30. The summed E-state index contributed by atoms with van der Waals surface area (Å²) in [5.41, 5.74) is 9.15. The van der Waals surface area contributed by atoms with E-state index in [1.165, 1.54) is 6.07 Å². The number of carbonyl (C=O) groups is 1. The van der Waals surface area contributed by atoms with Gasteiger partial charge < -0.3 is 15.1 Å². The molecule has 1 aliphatic heterocycles. The monoisotopic (exact) mass is 362 g/mol. The molecule has 5 nitrogen and oxygen atoms in total. The Bertz CT molecular complexity index is 1070. The highest BCUT2D eigenvalue weighted by atomic mass is 16.4. The molecule has 0 spiro atoms. The number of aryl methyl sites for hydroxylation is 1. The van der Waals surface area contributed by atoms with Crippen LogP contribution in [0.3, 0.4) is 0 Å². The SMILES string of the molecule is Cc1ccccc1-c1cc(=O)oc2cc(C(=O)N3CC[C@H](CN)C3)ccc12. The molecule has 2 N–H and O–H groups in total. The van der Waals surface area contributed by atoms with Crippen LogP contribution in [0.2, 0.25) is 0 Å². The normalized spacial score (nSPS) is 16.8. The first kappa shape index (κ1) is 17.5. The van der Waals surface area contributed by atoms with Crippen molar-refractivity contribution in [2.45, 2.75) is 13.3 Å². The quantitative estimate of drug-likeness (QED) is 0.726. The Hall–Kier alpha value is -2.92. The molecular weight excluding hydrogens is 340 g/mol. The number of hydrogen-bond donors (Lipinski definition) is 1. The van der Waals surface area contributed by atoms with Gasteiger partial charge in [-0.05, 0) is 55.1 Å². The van der Waals surface area contributed by atoms with E-state index >= 15 is 0 Å². The van der Waals surface area contributed by atoms with Gasteiger partial charge in [0.25, 0.3) is 5.91 Å². The van der Waals surface area contributed by atoms with Gasteiger partial charge in [-0.1, -0.05) is 24.3 Å². The minimum Gasteiger partial charge on any atom is -0.423 e. The van der Waals surface area contributed by atoms with Gasteiger partial charge in [0.15, 0.2) is 0 Å². The van der Waals surface area contributed by atoms with Crippen molar-refractivity contribution in [2.24, 2.45) is 11.7 Å². The third kappa shape index (κ3) is 3.26. The number of amides is 1. The van der Waals surface area contributed by atoms with Gasteiger partial charge in [-0.2, -0.15) is 0 Å². The van der Waals surface area contributed by atoms with Gasteiger partial charge >= 0.3 is 5.63 Å². The summed E-state index contributed by atoms with van der Waals surface area (Å²) in [5, 5.41) is 0.821. The lowest BCUT2D eigenvalue weighted by atomic mass is 9.97. The van der Waals surface area contributed by atoms with Crippen LogP contribution in [0.1, 0.15) is 22.3 Å². The Labute approximate surface area is 157 Å². The molecule has 0 radical (unpaired) electrons. The zero-order valence-electron chi connectivity index (χ0n) is 15.3. The van der Waals surface area contributed by atoms with Crippen LogP contribution in [0.4, 0.5) is 0 Å². The number of fused-ring (bicyclic) bond motifs is 1. The van der Waals surface area contributed by atoms with Gasteiger partial charge in [-0.15, -0.1) is 0 Å². The summed E-state index contributed by atoms with van der Waals surface area (Å²) >= 11 is 0. The molecule has 27 heavy (non-hydrogen) atoms. The minimum atomic E-state index is -0.422. The molecule has 2 aromatic carbocycles. The average Bonchev–Trinajstić information content (AvgIpc) is 3.16. The van der Waals surface area contributed by atoms with Crippen LogP contribution in [0.15, 0.2) is 57.7 Å². The Morgan fingerprint density at radius 3 is 2.74 bits per heavy atom. The summed E-state index contributed by atoms with van der Waals surface area (Å²) in [7, 11) is 0. The lowest BCUT2D eigenvalue weighted by Gasteiger charge is -2.17. The first-order chi connectivity index (χ1) is 13.1. The third-order valence-corrected chi connectivity index (χ3v) is 5.33. The molecule has 3 aromatic rings. The van der Waals surface area contributed by atoms with Gasteiger partial charge in [0.05, 0.1) is 0 Å². The van der Waals surface area contributed by atoms with E-state index in [0.29, 0.717) is 36.7 Å². The Balaban J connectivity index is 1.77. The van der Waals surface area contributed by atoms with Crippen molar-refractivity contribution in [3.63, 3.8) is 0 Å². The molecule has 5 heteroatoms. The van der Waals surface area contributed by atoms with Crippen molar-refractivity contribution in [3.05, 3.63) is 70.1 Å². The van der Waals surface area contributed by atoms with Gasteiger partial charge in [-0.3, -0.25) is 4.79 Å². The second kappa shape index (κ2) is 7.00. The van der Waals surface area contributed by atoms with E-state index in [1.54, 1.807) is 6.07 Å². The van der Waals surface area contributed by atoms with E-state index in [4.69, 9.17) is 10.2 Å². The van der Waals surface area contributed by atoms with Crippen molar-refractivity contribution >= 4 is 16.9 Å². The summed E-state index contributed by atoms with van der Waals surface area (Å²) in [4.78, 5) is 26.8. The molecule has 1 aromatic heterocycles. The van der Waals surface area contributed by atoms with Crippen molar-refractivity contribution in [3.8, 4) is 11.1 Å². The third-order valence-electron chi connectivity index (χ3n) is 5.33. The largest absolute Gasteiger partial charge is 0.423 e. The molecule has 0 aliphatic carbocycles. The Morgan fingerprint density at radius 1 is 1.19 bits per heavy atom. The predicted molar refractivity (Wildman–Crippen MR) is 106 cm³/mol. The predicted octanol–water partition coefficient (Wildman–Crippen LogP) is 3.19. The van der Waals surface area contributed by atoms with Crippen molar-refractivity contribution < 1.29 is 9.21 Å². The van der Waals surface area contributed by atoms with E-state index in [0.717, 1.165) is 28.5 Å². The van der Waals surface area contributed by atoms with Gasteiger partial charge in [-0.25, -0.2) is 4.79 Å². The molecule has 0 saturated carbocycles. The number of nitrogens with two attached hydrogens (primary N) is 1. The van der Waals surface area contributed by atoms with Gasteiger partial charge in [0.2, 0.25) is 0 Å². The average molecular weight is 362 g/mol. The number of likely N-dealkylation sites (tertiary alicyclic amines) is 1. The van der Waals surface area contributed by atoms with Crippen LogP contribution in [0, 0.1) is 12.8 Å². The Morgan fingerprint density at radius 2 is 2.00 bits per heavy atom. The van der Waals surface area contributed by atoms with Crippen molar-refractivity contribution in [1.29, 1.82) is 0 Å². The van der Waals surface area contributed by atoms with Crippen LogP contribution in [0.5, 0.6) is 0 Å². The van der Waals surface area contributed by atoms with E-state index in [2.05, 4.69) is 0 Å². The maximum absolute atomic E-state index is 12.8. The topological polar surface area (TPSA) is 76.5 Å². The summed E-state index contributed by atoms with van der Waals surface area (Å²) in [5.74, 6) is 0.316. The highest BCUT2D eigenvalue weighted by molar-refractivity contribution is 6.01. The summed E-state index contributed by atoms with van der Waals surface area (Å²) in [6, 6.07) is 14.8. The molecule has 1 amide bonds. The lowest BCUT2D eigenvalue weighted by Crippen LogP contribution is -2.29. The number of hydrogen-bond acceptors (Lipinski definition) is 4. The van der Waals surface area contributed by atoms with E-state index in [9.17, 15) is 9.59 Å². The molecule has 1 atom stereocenters. The molecule has 0 unspecified atom stereocenters. The van der Waals surface area contributed by atoms with Crippen LogP contribution >= 0.6 is 0 Å². The minimum absolute atomic E-state index is 0.0446. The van der Waals surface area contributed by atoms with Crippen molar-refractivity contribution in [2.75, 3.05) is 19.6 Å². The summed E-state index contributed by atoms with van der Waals surface area (Å²) in [6.45, 7) is 4.00. The number of carbonyl (C=O) groups excluding carboxylic acids is 1. The molecule has 138 valence electrons. The van der Waals surface area contributed by atoms with Crippen LogP contribution in [-0.4, -0.2) is 30.4 Å². The van der Waals surface area contributed by atoms with Crippen molar-refractivity contribution in [1.82, 2.24) is 4.90 Å². The summed E-state index contributed by atoms with van der Waals surface area (Å²) in [6.07, 6.45) is 0.933. The number of benzene rings is 2. The number of rotatable bonds is 3. The lowest BCUT2D eigenvalue weighted by molar-refractivity contribution is 0.0787. The van der Waals surface area contributed by atoms with Crippen LogP contribution in [0.25, 0.3) is 22.1 Å². The van der Waals surface area contributed by atoms with E-state index in [-0.39, 0.29) is 5.91 Å². The number of nitrogens with zero attached hydrogens (tertiary/aromatic N) is 1. The first-order valence-electron chi connectivity index (χ1n) is 9.20. The summed E-state index contributed by atoms with van der Waals surface area (Å²) < 4.78 is 5.41. The first-order valence-corrected chi connectivity index (χ1v) is 9.20. The zero-order valence-corrected chi connectivity index (χ0v) is 15.3. The fraction of sp³-hybridized carbons (Fsp3) is 0.273. The van der Waals surface area contributed by atoms with E-state index in [1.807, 2.05) is 48.2 Å². The molecule has 4 rings (SSSR count). The molecule has 1 fully saturated rings. The molecule has 2 heterocycles. The fourth-order valence-electron chi connectivity index (χ4n) is 3.79. The van der Waals surface area contributed by atoms with E-state index < -0.39 is 5.63 Å². The second-order valence-corrected chi connectivity index (χ2v) is 7.15. The molecule has 1 aliphatic rings.